The molecule has 122 valence electrons. The number of carbonyl (C=O) groups excluding carboxylic acids is 1. The van der Waals surface area contributed by atoms with Gasteiger partial charge in [0, 0.05) is 25.4 Å². The third-order valence-corrected chi connectivity index (χ3v) is 3.64. The maximum absolute atomic E-state index is 13.8. The lowest BCUT2D eigenvalue weighted by molar-refractivity contribution is -0.0795. The molecule has 1 amide bonds. The highest BCUT2D eigenvalue weighted by Gasteiger charge is 2.43. The number of benzene rings is 1. The van der Waals surface area contributed by atoms with Gasteiger partial charge in [-0.05, 0) is 32.8 Å². The summed E-state index contributed by atoms with van der Waals surface area (Å²) in [6, 6.07) is 8.85. The highest BCUT2D eigenvalue weighted by molar-refractivity contribution is 5.68. The molecule has 0 spiro atoms. The van der Waals surface area contributed by atoms with Gasteiger partial charge in [-0.15, -0.1) is 0 Å². The zero-order chi connectivity index (χ0) is 16.4. The first kappa shape index (κ1) is 16.7. The van der Waals surface area contributed by atoms with Crippen LogP contribution in [-0.4, -0.2) is 35.1 Å². The Morgan fingerprint density at radius 3 is 2.55 bits per heavy atom. The summed E-state index contributed by atoms with van der Waals surface area (Å²) < 4.78 is 32.9. The molecule has 0 aromatic heterocycles. The summed E-state index contributed by atoms with van der Waals surface area (Å²) in [7, 11) is 0. The molecule has 0 N–H and O–H groups in total. The second-order valence-electron chi connectivity index (χ2n) is 6.83. The number of halogens is 2. The molecule has 5 heteroatoms. The summed E-state index contributed by atoms with van der Waals surface area (Å²) in [6.45, 7) is 5.35. The van der Waals surface area contributed by atoms with Crippen LogP contribution in [0.2, 0.25) is 0 Å². The quantitative estimate of drug-likeness (QED) is 0.816. The molecule has 1 aromatic carbocycles. The number of carbonyl (C=O) groups is 1. The number of ether oxygens (including phenoxy) is 1. The molecule has 0 aliphatic carbocycles. The van der Waals surface area contributed by atoms with Gasteiger partial charge in [0.05, 0.1) is 0 Å². The number of alkyl halides is 2. The van der Waals surface area contributed by atoms with E-state index < -0.39 is 23.7 Å². The Bertz CT molecular complexity index is 511. The van der Waals surface area contributed by atoms with E-state index in [0.717, 1.165) is 5.56 Å². The van der Waals surface area contributed by atoms with Crippen molar-refractivity contribution < 1.29 is 18.3 Å². The first-order valence-electron chi connectivity index (χ1n) is 7.58. The molecule has 0 bridgehead atoms. The summed E-state index contributed by atoms with van der Waals surface area (Å²) in [4.78, 5) is 13.7. The molecule has 0 saturated carbocycles. The van der Waals surface area contributed by atoms with Crippen LogP contribution in [-0.2, 0) is 11.2 Å². The number of hydrogen-bond acceptors (Lipinski definition) is 2. The molecule has 1 unspecified atom stereocenters. The summed E-state index contributed by atoms with van der Waals surface area (Å²) in [5, 5.41) is 0. The number of rotatable bonds is 2. The van der Waals surface area contributed by atoms with E-state index >= 15 is 0 Å². The normalized spacial score (nSPS) is 21.5. The fourth-order valence-electron chi connectivity index (χ4n) is 2.65. The first-order valence-corrected chi connectivity index (χ1v) is 7.58. The van der Waals surface area contributed by atoms with Gasteiger partial charge in [-0.2, -0.15) is 0 Å². The van der Waals surface area contributed by atoms with Crippen LogP contribution in [0.15, 0.2) is 30.3 Å². The minimum atomic E-state index is -2.72. The molecular formula is C17H23F2NO2. The standard InChI is InChI=1S/C17H23F2NO2/c1-16(2,3)22-15(21)20-10-9-17(18,19)12-14(20)11-13-7-5-4-6-8-13/h4-8,14H,9-12H2,1-3H3. The van der Waals surface area contributed by atoms with Gasteiger partial charge in [0.25, 0.3) is 5.92 Å². The zero-order valence-electron chi connectivity index (χ0n) is 13.3. The van der Waals surface area contributed by atoms with Gasteiger partial charge in [0.1, 0.15) is 5.60 Å². The minimum absolute atomic E-state index is 0.0272. The molecule has 1 fully saturated rings. The molecule has 1 saturated heterocycles. The Morgan fingerprint density at radius 1 is 1.32 bits per heavy atom. The second-order valence-corrected chi connectivity index (χ2v) is 6.83. The van der Waals surface area contributed by atoms with Crippen LogP contribution in [0.4, 0.5) is 13.6 Å². The fraction of sp³-hybridized carbons (Fsp3) is 0.588. The number of piperidine rings is 1. The van der Waals surface area contributed by atoms with Crippen molar-refractivity contribution in [1.29, 1.82) is 0 Å². The molecule has 1 aromatic rings. The molecule has 1 aliphatic heterocycles. The molecule has 0 radical (unpaired) electrons. The van der Waals surface area contributed by atoms with E-state index in [2.05, 4.69) is 0 Å². The monoisotopic (exact) mass is 311 g/mol. The molecule has 22 heavy (non-hydrogen) atoms. The molecule has 2 rings (SSSR count). The van der Waals surface area contributed by atoms with E-state index in [4.69, 9.17) is 4.74 Å². The topological polar surface area (TPSA) is 29.5 Å². The average Bonchev–Trinajstić information content (AvgIpc) is 2.36. The van der Waals surface area contributed by atoms with Crippen molar-refractivity contribution in [3.8, 4) is 0 Å². The van der Waals surface area contributed by atoms with Crippen molar-refractivity contribution in [1.82, 2.24) is 4.90 Å². The van der Waals surface area contributed by atoms with Crippen LogP contribution in [0, 0.1) is 0 Å². The van der Waals surface area contributed by atoms with E-state index in [0.29, 0.717) is 6.42 Å². The summed E-state index contributed by atoms with van der Waals surface area (Å²) >= 11 is 0. The summed E-state index contributed by atoms with van der Waals surface area (Å²) in [5.74, 6) is -2.72. The van der Waals surface area contributed by atoms with Gasteiger partial charge in [0.2, 0.25) is 0 Å². The molecule has 1 aliphatic rings. The van der Waals surface area contributed by atoms with Crippen LogP contribution in [0.3, 0.4) is 0 Å². The van der Waals surface area contributed by atoms with Crippen molar-refractivity contribution in [2.75, 3.05) is 6.54 Å². The largest absolute Gasteiger partial charge is 0.444 e. The average molecular weight is 311 g/mol. The van der Waals surface area contributed by atoms with Crippen molar-refractivity contribution in [3.63, 3.8) is 0 Å². The van der Waals surface area contributed by atoms with Gasteiger partial charge < -0.3 is 9.64 Å². The highest BCUT2D eigenvalue weighted by atomic mass is 19.3. The number of amides is 1. The third-order valence-electron chi connectivity index (χ3n) is 3.64. The summed E-state index contributed by atoms with van der Waals surface area (Å²) in [6.07, 6.45) is -0.724. The van der Waals surface area contributed by atoms with Gasteiger partial charge in [0.15, 0.2) is 0 Å². The Kier molecular flexibility index (Phi) is 4.73. The maximum atomic E-state index is 13.8. The van der Waals surface area contributed by atoms with Crippen LogP contribution in [0.25, 0.3) is 0 Å². The Hall–Kier alpha value is -1.65. The van der Waals surface area contributed by atoms with E-state index in [1.165, 1.54) is 4.90 Å². The van der Waals surface area contributed by atoms with E-state index in [9.17, 15) is 13.6 Å². The van der Waals surface area contributed by atoms with Crippen molar-refractivity contribution in [2.24, 2.45) is 0 Å². The Labute approximate surface area is 130 Å². The first-order chi connectivity index (χ1) is 10.2. The van der Waals surface area contributed by atoms with E-state index in [1.54, 1.807) is 20.8 Å². The summed E-state index contributed by atoms with van der Waals surface area (Å²) in [5.41, 5.74) is 0.313. The highest BCUT2D eigenvalue weighted by Crippen LogP contribution is 2.34. The Balaban J connectivity index is 2.14. The molecular weight excluding hydrogens is 288 g/mol. The number of likely N-dealkylation sites (tertiary alicyclic amines) is 1. The lowest BCUT2D eigenvalue weighted by Gasteiger charge is -2.40. The molecule has 1 atom stereocenters. The Morgan fingerprint density at radius 2 is 1.95 bits per heavy atom. The van der Waals surface area contributed by atoms with Gasteiger partial charge in [-0.3, -0.25) is 0 Å². The van der Waals surface area contributed by atoms with Crippen molar-refractivity contribution in [3.05, 3.63) is 35.9 Å². The minimum Gasteiger partial charge on any atom is -0.444 e. The van der Waals surface area contributed by atoms with Crippen LogP contribution < -0.4 is 0 Å². The smallest absolute Gasteiger partial charge is 0.410 e. The predicted octanol–water partition coefficient (Wildman–Crippen LogP) is 4.26. The fourth-order valence-corrected chi connectivity index (χ4v) is 2.65. The number of hydrogen-bond donors (Lipinski definition) is 0. The van der Waals surface area contributed by atoms with E-state index in [1.807, 2.05) is 30.3 Å². The predicted molar refractivity (Wildman–Crippen MR) is 81.1 cm³/mol. The molecule has 3 nitrogen and oxygen atoms in total. The van der Waals surface area contributed by atoms with Crippen LogP contribution in [0.1, 0.15) is 39.2 Å². The number of nitrogens with zero attached hydrogens (tertiary/aromatic N) is 1. The van der Waals surface area contributed by atoms with Gasteiger partial charge >= 0.3 is 6.09 Å². The lowest BCUT2D eigenvalue weighted by Crippen LogP contribution is -2.52. The van der Waals surface area contributed by atoms with Crippen LogP contribution >= 0.6 is 0 Å². The van der Waals surface area contributed by atoms with E-state index in [-0.39, 0.29) is 19.4 Å². The van der Waals surface area contributed by atoms with Crippen molar-refractivity contribution >= 4 is 6.09 Å². The maximum Gasteiger partial charge on any atom is 0.410 e. The van der Waals surface area contributed by atoms with Gasteiger partial charge in [-0.25, -0.2) is 13.6 Å². The van der Waals surface area contributed by atoms with Gasteiger partial charge in [-0.1, -0.05) is 30.3 Å². The second kappa shape index (κ2) is 6.23. The third kappa shape index (κ3) is 4.68. The SMILES string of the molecule is CC(C)(C)OC(=O)N1CCC(F)(F)CC1Cc1ccccc1. The zero-order valence-corrected chi connectivity index (χ0v) is 13.3. The van der Waals surface area contributed by atoms with Crippen molar-refractivity contribution in [2.45, 2.75) is 57.6 Å². The van der Waals surface area contributed by atoms with Crippen LogP contribution in [0.5, 0.6) is 0 Å². The molecule has 1 heterocycles. The lowest BCUT2D eigenvalue weighted by atomic mass is 9.93.